The van der Waals surface area contributed by atoms with E-state index in [0.29, 0.717) is 17.9 Å². The van der Waals surface area contributed by atoms with Crippen LogP contribution in [0.25, 0.3) is 11.7 Å². The molecule has 0 unspecified atom stereocenters. The van der Waals surface area contributed by atoms with E-state index in [9.17, 15) is 9.59 Å². The molecule has 144 valence electrons. The van der Waals surface area contributed by atoms with Crippen LogP contribution in [0.3, 0.4) is 0 Å². The maximum atomic E-state index is 11.8. The molecule has 0 spiro atoms. The third-order valence-electron chi connectivity index (χ3n) is 3.68. The van der Waals surface area contributed by atoms with Crippen molar-refractivity contribution in [3.63, 3.8) is 0 Å². The molecular formula is C20H18ClN3O3S. The topological polar surface area (TPSA) is 72.7 Å². The number of benzene rings is 1. The van der Waals surface area contributed by atoms with Gasteiger partial charge in [0.2, 0.25) is 0 Å². The Morgan fingerprint density at radius 3 is 2.79 bits per heavy atom. The summed E-state index contributed by atoms with van der Waals surface area (Å²) in [5.41, 5.74) is 1.24. The van der Waals surface area contributed by atoms with Gasteiger partial charge in [-0.1, -0.05) is 35.9 Å². The lowest BCUT2D eigenvalue weighted by Crippen LogP contribution is -2.30. The maximum absolute atomic E-state index is 11.8. The molecule has 1 aromatic carbocycles. The lowest BCUT2D eigenvalue weighted by Gasteiger charge is -2.05. The van der Waals surface area contributed by atoms with Gasteiger partial charge in [0.05, 0.1) is 5.69 Å². The number of nitrogens with one attached hydrogen (secondary N) is 1. The number of hydrogen-bond acceptors (Lipinski definition) is 5. The maximum Gasteiger partial charge on any atom is 0.331 e. The summed E-state index contributed by atoms with van der Waals surface area (Å²) in [4.78, 5) is 28.9. The van der Waals surface area contributed by atoms with Crippen molar-refractivity contribution in [1.29, 1.82) is 0 Å². The molecule has 0 saturated heterocycles. The van der Waals surface area contributed by atoms with Gasteiger partial charge in [0.25, 0.3) is 5.91 Å². The second kappa shape index (κ2) is 9.96. The van der Waals surface area contributed by atoms with Crippen molar-refractivity contribution in [2.24, 2.45) is 0 Å². The molecule has 0 aliphatic heterocycles. The van der Waals surface area contributed by atoms with Crippen LogP contribution in [-0.2, 0) is 14.3 Å². The Morgan fingerprint density at radius 1 is 1.18 bits per heavy atom. The molecule has 0 radical (unpaired) electrons. The Labute approximate surface area is 171 Å². The van der Waals surface area contributed by atoms with Crippen LogP contribution >= 0.6 is 23.4 Å². The predicted molar refractivity (Wildman–Crippen MR) is 110 cm³/mol. The van der Waals surface area contributed by atoms with Crippen LogP contribution in [0.5, 0.6) is 0 Å². The van der Waals surface area contributed by atoms with Crippen LogP contribution < -0.4 is 5.32 Å². The van der Waals surface area contributed by atoms with Crippen molar-refractivity contribution in [2.75, 3.05) is 18.9 Å². The molecule has 3 rings (SSSR count). The number of rotatable bonds is 8. The number of imidazole rings is 1. The van der Waals surface area contributed by atoms with E-state index >= 15 is 0 Å². The summed E-state index contributed by atoms with van der Waals surface area (Å²) >= 11 is 7.73. The molecule has 3 aromatic rings. The fourth-order valence-electron chi connectivity index (χ4n) is 2.39. The first kappa shape index (κ1) is 20.0. The number of ether oxygens (including phenoxy) is 1. The van der Waals surface area contributed by atoms with E-state index < -0.39 is 5.97 Å². The Kier molecular flexibility index (Phi) is 7.11. The van der Waals surface area contributed by atoms with Gasteiger partial charge in [0.15, 0.2) is 11.8 Å². The summed E-state index contributed by atoms with van der Waals surface area (Å²) in [6.07, 6.45) is 4.53. The molecule has 2 aromatic heterocycles. The lowest BCUT2D eigenvalue weighted by molar-refractivity contribution is -0.143. The summed E-state index contributed by atoms with van der Waals surface area (Å²) in [5.74, 6) is -0.241. The van der Waals surface area contributed by atoms with Crippen LogP contribution in [0, 0.1) is 0 Å². The summed E-state index contributed by atoms with van der Waals surface area (Å²) in [6, 6.07) is 15.4. The standard InChI is InChI=1S/C20H18ClN3O3S/c21-20-16(24-12-5-4-8-17(24)23-20)9-10-19(26)27-14-18(25)22-11-13-28-15-6-2-1-3-7-15/h1-10,12H,11,13-14H2,(H,22,25)/b10-9+. The van der Waals surface area contributed by atoms with Crippen LogP contribution in [-0.4, -0.2) is 40.2 Å². The zero-order valence-electron chi connectivity index (χ0n) is 14.9. The zero-order chi connectivity index (χ0) is 19.8. The van der Waals surface area contributed by atoms with Gasteiger partial charge in [-0.15, -0.1) is 11.8 Å². The van der Waals surface area contributed by atoms with E-state index in [1.54, 1.807) is 22.4 Å². The van der Waals surface area contributed by atoms with Gasteiger partial charge < -0.3 is 10.1 Å². The van der Waals surface area contributed by atoms with Crippen molar-refractivity contribution < 1.29 is 14.3 Å². The summed E-state index contributed by atoms with van der Waals surface area (Å²) < 4.78 is 6.71. The van der Waals surface area contributed by atoms with E-state index in [1.165, 1.54) is 12.2 Å². The summed E-state index contributed by atoms with van der Waals surface area (Å²) in [6.45, 7) is 0.156. The van der Waals surface area contributed by atoms with Gasteiger partial charge in [-0.05, 0) is 30.3 Å². The van der Waals surface area contributed by atoms with E-state index in [1.807, 2.05) is 48.5 Å². The number of fused-ring (bicyclic) bond motifs is 1. The number of pyridine rings is 1. The van der Waals surface area contributed by atoms with E-state index in [4.69, 9.17) is 16.3 Å². The normalized spacial score (nSPS) is 11.0. The van der Waals surface area contributed by atoms with Crippen molar-refractivity contribution >= 4 is 47.0 Å². The monoisotopic (exact) mass is 415 g/mol. The highest BCUT2D eigenvalue weighted by Crippen LogP contribution is 2.19. The first-order chi connectivity index (χ1) is 13.6. The molecule has 2 heterocycles. The molecule has 1 amide bonds. The highest BCUT2D eigenvalue weighted by molar-refractivity contribution is 7.99. The number of nitrogens with zero attached hydrogens (tertiary/aromatic N) is 2. The minimum absolute atomic E-state index is 0.281. The number of amides is 1. The van der Waals surface area contributed by atoms with Crippen molar-refractivity contribution in [2.45, 2.75) is 4.90 Å². The molecular weight excluding hydrogens is 398 g/mol. The SMILES string of the molecule is O=C(COC(=O)/C=C/c1c(Cl)nc2ccccn12)NCCSc1ccccc1. The molecule has 1 N–H and O–H groups in total. The highest BCUT2D eigenvalue weighted by atomic mass is 35.5. The van der Waals surface area contributed by atoms with E-state index in [0.717, 1.165) is 10.6 Å². The number of carbonyl (C=O) groups excluding carboxylic acids is 2. The number of esters is 1. The van der Waals surface area contributed by atoms with Crippen molar-refractivity contribution in [3.8, 4) is 0 Å². The second-order valence-corrected chi connectivity index (χ2v) is 7.20. The number of thioether (sulfide) groups is 1. The Morgan fingerprint density at radius 2 is 1.96 bits per heavy atom. The number of hydrogen-bond donors (Lipinski definition) is 1. The van der Waals surface area contributed by atoms with Crippen molar-refractivity contribution in [1.82, 2.24) is 14.7 Å². The summed E-state index contributed by atoms with van der Waals surface area (Å²) in [7, 11) is 0. The number of halogens is 1. The fraction of sp³-hybridized carbons (Fsp3) is 0.150. The number of carbonyl (C=O) groups is 2. The summed E-state index contributed by atoms with van der Waals surface area (Å²) in [5, 5.41) is 3.00. The molecule has 0 bridgehead atoms. The fourth-order valence-corrected chi connectivity index (χ4v) is 3.42. The average Bonchev–Trinajstić information content (AvgIpc) is 3.04. The quantitative estimate of drug-likeness (QED) is 0.264. The number of aromatic nitrogens is 2. The van der Waals surface area contributed by atoms with Gasteiger partial charge in [-0.2, -0.15) is 0 Å². The van der Waals surface area contributed by atoms with Gasteiger partial charge in [-0.3, -0.25) is 9.20 Å². The van der Waals surface area contributed by atoms with Crippen molar-refractivity contribution in [3.05, 3.63) is 71.7 Å². The third-order valence-corrected chi connectivity index (χ3v) is 4.97. The van der Waals surface area contributed by atoms with Crippen LogP contribution in [0.1, 0.15) is 5.69 Å². The molecule has 0 aliphatic carbocycles. The molecule has 0 fully saturated rings. The molecule has 8 heteroatoms. The van der Waals surface area contributed by atoms with E-state index in [-0.39, 0.29) is 17.7 Å². The molecule has 28 heavy (non-hydrogen) atoms. The van der Waals surface area contributed by atoms with Crippen LogP contribution in [0.4, 0.5) is 0 Å². The highest BCUT2D eigenvalue weighted by Gasteiger charge is 2.08. The molecule has 0 atom stereocenters. The third kappa shape index (κ3) is 5.61. The predicted octanol–water partition coefficient (Wildman–Crippen LogP) is 3.45. The largest absolute Gasteiger partial charge is 0.452 e. The Hall–Kier alpha value is -2.77. The van der Waals surface area contributed by atoms with Crippen LogP contribution in [0.2, 0.25) is 5.15 Å². The van der Waals surface area contributed by atoms with Gasteiger partial charge in [0.1, 0.15) is 5.65 Å². The smallest absolute Gasteiger partial charge is 0.331 e. The zero-order valence-corrected chi connectivity index (χ0v) is 16.4. The molecule has 6 nitrogen and oxygen atoms in total. The van der Waals surface area contributed by atoms with Crippen LogP contribution in [0.15, 0.2) is 65.7 Å². The first-order valence-corrected chi connectivity index (χ1v) is 9.92. The van der Waals surface area contributed by atoms with E-state index in [2.05, 4.69) is 10.3 Å². The Bertz CT molecular complexity index is 989. The minimum Gasteiger partial charge on any atom is -0.452 e. The van der Waals surface area contributed by atoms with Gasteiger partial charge >= 0.3 is 5.97 Å². The van der Waals surface area contributed by atoms with Gasteiger partial charge in [-0.25, -0.2) is 9.78 Å². The Balaban J connectivity index is 1.40. The lowest BCUT2D eigenvalue weighted by atomic mass is 10.4. The minimum atomic E-state index is -0.629. The second-order valence-electron chi connectivity index (χ2n) is 5.67. The molecule has 0 saturated carbocycles. The van der Waals surface area contributed by atoms with Gasteiger partial charge in [0, 0.05) is 29.5 Å². The average molecular weight is 416 g/mol. The first-order valence-electron chi connectivity index (χ1n) is 8.55. The molecule has 0 aliphatic rings.